The highest BCUT2D eigenvalue weighted by Gasteiger charge is 2.17. The lowest BCUT2D eigenvalue weighted by atomic mass is 10.2. The van der Waals surface area contributed by atoms with Crippen molar-refractivity contribution >= 4 is 45.7 Å². The summed E-state index contributed by atoms with van der Waals surface area (Å²) in [7, 11) is 1.76. The van der Waals surface area contributed by atoms with Crippen molar-refractivity contribution < 1.29 is 9.59 Å². The molecule has 0 radical (unpaired) electrons. The Hall–Kier alpha value is -2.13. The van der Waals surface area contributed by atoms with Crippen LogP contribution in [0.5, 0.6) is 0 Å². The van der Waals surface area contributed by atoms with Gasteiger partial charge in [-0.15, -0.1) is 10.2 Å². The summed E-state index contributed by atoms with van der Waals surface area (Å²) in [4.78, 5) is 23.1. The zero-order valence-corrected chi connectivity index (χ0v) is 13.6. The second kappa shape index (κ2) is 7.23. The van der Waals surface area contributed by atoms with Crippen molar-refractivity contribution in [2.45, 2.75) is 16.5 Å². The molecule has 0 saturated heterocycles. The highest BCUT2D eigenvalue weighted by molar-refractivity contribution is 8.02. The fourth-order valence-corrected chi connectivity index (χ4v) is 3.37. The predicted octanol–water partition coefficient (Wildman–Crippen LogP) is 1.80. The maximum absolute atomic E-state index is 12.1. The van der Waals surface area contributed by atoms with Crippen LogP contribution in [0.4, 0.5) is 10.8 Å². The summed E-state index contributed by atoms with van der Waals surface area (Å²) in [5, 5.41) is 14.0. The van der Waals surface area contributed by atoms with Gasteiger partial charge in [0, 0.05) is 18.3 Å². The first-order valence-corrected chi connectivity index (χ1v) is 8.08. The SMILES string of the molecule is CNc1nnc(S[C@@H](C)C(=O)Nc2ccc(C(N)=O)cc2)s1. The molecule has 0 spiro atoms. The van der Waals surface area contributed by atoms with E-state index in [0.717, 1.165) is 4.34 Å². The molecular formula is C13H15N5O2S2. The quantitative estimate of drug-likeness (QED) is 0.693. The largest absolute Gasteiger partial charge is 0.366 e. The second-order valence-corrected chi connectivity index (χ2v) is 6.88. The van der Waals surface area contributed by atoms with Crippen LogP contribution in [0.25, 0.3) is 0 Å². The molecule has 1 atom stereocenters. The smallest absolute Gasteiger partial charge is 0.248 e. The molecule has 0 aliphatic rings. The minimum atomic E-state index is -0.501. The highest BCUT2D eigenvalue weighted by Crippen LogP contribution is 2.29. The summed E-state index contributed by atoms with van der Waals surface area (Å²) in [5.41, 5.74) is 6.17. The number of aromatic nitrogens is 2. The molecule has 2 amide bonds. The van der Waals surface area contributed by atoms with Crippen molar-refractivity contribution in [3.63, 3.8) is 0 Å². The Morgan fingerprint density at radius 2 is 1.95 bits per heavy atom. The number of nitrogens with zero attached hydrogens (tertiary/aromatic N) is 2. The molecule has 0 aliphatic heterocycles. The molecule has 0 unspecified atom stereocenters. The third-order valence-corrected chi connectivity index (χ3v) is 4.83. The van der Waals surface area contributed by atoms with Crippen LogP contribution < -0.4 is 16.4 Å². The van der Waals surface area contributed by atoms with E-state index in [4.69, 9.17) is 5.73 Å². The molecule has 7 nitrogen and oxygen atoms in total. The average molecular weight is 337 g/mol. The lowest BCUT2D eigenvalue weighted by Gasteiger charge is -2.10. The van der Waals surface area contributed by atoms with E-state index in [1.54, 1.807) is 38.2 Å². The summed E-state index contributed by atoms with van der Waals surface area (Å²) in [6, 6.07) is 6.41. The van der Waals surface area contributed by atoms with E-state index in [1.807, 2.05) is 0 Å². The Morgan fingerprint density at radius 3 is 2.50 bits per heavy atom. The third-order valence-electron chi connectivity index (χ3n) is 2.70. The van der Waals surface area contributed by atoms with Crippen LogP contribution in [0.15, 0.2) is 28.6 Å². The molecule has 2 rings (SSSR count). The van der Waals surface area contributed by atoms with Crippen molar-refractivity contribution in [3.05, 3.63) is 29.8 Å². The zero-order chi connectivity index (χ0) is 16.1. The van der Waals surface area contributed by atoms with Crippen molar-refractivity contribution in [3.8, 4) is 0 Å². The zero-order valence-electron chi connectivity index (χ0n) is 12.0. The van der Waals surface area contributed by atoms with Crippen LogP contribution in [0.3, 0.4) is 0 Å². The number of rotatable bonds is 6. The average Bonchev–Trinajstić information content (AvgIpc) is 2.95. The van der Waals surface area contributed by atoms with E-state index in [0.29, 0.717) is 16.4 Å². The minimum Gasteiger partial charge on any atom is -0.366 e. The molecule has 0 bridgehead atoms. The van der Waals surface area contributed by atoms with Crippen LogP contribution in [-0.4, -0.2) is 34.3 Å². The Morgan fingerprint density at radius 1 is 1.27 bits per heavy atom. The van der Waals surface area contributed by atoms with E-state index < -0.39 is 5.91 Å². The number of nitrogens with two attached hydrogens (primary N) is 1. The Bertz CT molecular complexity index is 671. The monoisotopic (exact) mass is 337 g/mol. The molecule has 116 valence electrons. The standard InChI is InChI=1S/C13H15N5O2S2/c1-7(21-13-18-17-12(15-2)22-13)11(20)16-9-5-3-8(4-6-9)10(14)19/h3-7H,1-2H3,(H2,14,19)(H,15,17)(H,16,20)/t7-/m0/s1. The summed E-state index contributed by atoms with van der Waals surface area (Å²) in [6.45, 7) is 1.79. The molecule has 9 heteroatoms. The summed E-state index contributed by atoms with van der Waals surface area (Å²) in [6.07, 6.45) is 0. The van der Waals surface area contributed by atoms with E-state index in [2.05, 4.69) is 20.8 Å². The molecule has 0 saturated carbocycles. The molecule has 2 aromatic rings. The first kappa shape index (κ1) is 16.2. The molecule has 4 N–H and O–H groups in total. The number of hydrogen-bond donors (Lipinski definition) is 3. The van der Waals surface area contributed by atoms with Crippen LogP contribution in [0.1, 0.15) is 17.3 Å². The number of nitrogens with one attached hydrogen (secondary N) is 2. The van der Waals surface area contributed by atoms with Crippen LogP contribution in [0, 0.1) is 0 Å². The number of anilines is 2. The topological polar surface area (TPSA) is 110 Å². The Kier molecular flexibility index (Phi) is 5.34. The third kappa shape index (κ3) is 4.18. The molecule has 1 aromatic carbocycles. The van der Waals surface area contributed by atoms with Crippen molar-refractivity contribution in [1.29, 1.82) is 0 Å². The van der Waals surface area contributed by atoms with Gasteiger partial charge in [0.1, 0.15) is 0 Å². The Labute approximate surface area is 135 Å². The predicted molar refractivity (Wildman–Crippen MR) is 88.4 cm³/mol. The fraction of sp³-hybridized carbons (Fsp3) is 0.231. The summed E-state index contributed by atoms with van der Waals surface area (Å²) < 4.78 is 0.719. The van der Waals surface area contributed by atoms with Gasteiger partial charge in [0.15, 0.2) is 4.34 Å². The van der Waals surface area contributed by atoms with Gasteiger partial charge in [0.2, 0.25) is 16.9 Å². The summed E-state index contributed by atoms with van der Waals surface area (Å²) in [5.74, 6) is -0.656. The molecule has 1 aromatic heterocycles. The molecular weight excluding hydrogens is 322 g/mol. The minimum absolute atomic E-state index is 0.155. The lowest BCUT2D eigenvalue weighted by Crippen LogP contribution is -2.22. The summed E-state index contributed by atoms with van der Waals surface area (Å²) >= 11 is 2.72. The first-order valence-electron chi connectivity index (χ1n) is 6.38. The van der Waals surface area contributed by atoms with Gasteiger partial charge in [0.05, 0.1) is 5.25 Å². The van der Waals surface area contributed by atoms with Crippen LogP contribution in [-0.2, 0) is 4.79 Å². The van der Waals surface area contributed by atoms with Gasteiger partial charge >= 0.3 is 0 Å². The van der Waals surface area contributed by atoms with Crippen molar-refractivity contribution in [1.82, 2.24) is 10.2 Å². The van der Waals surface area contributed by atoms with Gasteiger partial charge in [-0.25, -0.2) is 0 Å². The maximum Gasteiger partial charge on any atom is 0.248 e. The van der Waals surface area contributed by atoms with Crippen LogP contribution in [0.2, 0.25) is 0 Å². The lowest BCUT2D eigenvalue weighted by molar-refractivity contribution is -0.115. The van der Waals surface area contributed by atoms with Gasteiger partial charge in [-0.1, -0.05) is 23.1 Å². The molecule has 0 aliphatic carbocycles. The van der Waals surface area contributed by atoms with Crippen LogP contribution >= 0.6 is 23.1 Å². The number of carbonyl (C=O) groups is 2. The molecule has 1 heterocycles. The highest BCUT2D eigenvalue weighted by atomic mass is 32.2. The normalized spacial score (nSPS) is 11.7. The van der Waals surface area contributed by atoms with Crippen molar-refractivity contribution in [2.24, 2.45) is 5.73 Å². The van der Waals surface area contributed by atoms with Gasteiger partial charge in [0.25, 0.3) is 0 Å². The van der Waals surface area contributed by atoms with Gasteiger partial charge < -0.3 is 16.4 Å². The molecule has 0 fully saturated rings. The number of hydrogen-bond acceptors (Lipinski definition) is 7. The maximum atomic E-state index is 12.1. The number of amides is 2. The molecule has 22 heavy (non-hydrogen) atoms. The van der Waals surface area contributed by atoms with Gasteiger partial charge in [-0.2, -0.15) is 0 Å². The first-order chi connectivity index (χ1) is 10.5. The van der Waals surface area contributed by atoms with E-state index in [1.165, 1.54) is 23.1 Å². The van der Waals surface area contributed by atoms with Gasteiger partial charge in [-0.05, 0) is 31.2 Å². The Balaban J connectivity index is 1.94. The number of thioether (sulfide) groups is 1. The number of benzene rings is 1. The number of primary amides is 1. The second-order valence-electron chi connectivity index (χ2n) is 4.31. The van der Waals surface area contributed by atoms with E-state index in [-0.39, 0.29) is 11.2 Å². The van der Waals surface area contributed by atoms with Crippen molar-refractivity contribution in [2.75, 3.05) is 17.7 Å². The van der Waals surface area contributed by atoms with E-state index >= 15 is 0 Å². The van der Waals surface area contributed by atoms with Gasteiger partial charge in [-0.3, -0.25) is 9.59 Å². The fourth-order valence-electron chi connectivity index (χ4n) is 1.52. The van der Waals surface area contributed by atoms with E-state index in [9.17, 15) is 9.59 Å². The number of carbonyl (C=O) groups excluding carboxylic acids is 2.